The summed E-state index contributed by atoms with van der Waals surface area (Å²) in [6.07, 6.45) is 1.43. The van der Waals surface area contributed by atoms with Gasteiger partial charge in [0, 0.05) is 33.5 Å². The van der Waals surface area contributed by atoms with Gasteiger partial charge in [-0.1, -0.05) is 0 Å². The lowest BCUT2D eigenvalue weighted by atomic mass is 10.5. The number of hydrogen-bond acceptors (Lipinski definition) is 4. The molecule has 0 N–H and O–H groups in total. The average Bonchev–Trinajstić information content (AvgIpc) is 1.96. The number of thioether (sulfide) groups is 4. The van der Waals surface area contributed by atoms with Crippen molar-refractivity contribution in [3.8, 4) is 0 Å². The summed E-state index contributed by atoms with van der Waals surface area (Å²) in [5.41, 5.74) is 0. The molecule has 0 radical (unpaired) electrons. The number of rotatable bonds is 6. The molecule has 2 fully saturated rings. The molecule has 0 nitrogen and oxygen atoms in total. The van der Waals surface area contributed by atoms with Gasteiger partial charge >= 0.3 is 0 Å². The van der Waals surface area contributed by atoms with Crippen molar-refractivity contribution in [2.24, 2.45) is 0 Å². The van der Waals surface area contributed by atoms with E-state index < -0.39 is 0 Å². The fourth-order valence-electron chi connectivity index (χ4n) is 1.18. The van der Waals surface area contributed by atoms with Gasteiger partial charge in [0.05, 0.1) is 0 Å². The molecular formula is C9H16S4. The highest BCUT2D eigenvalue weighted by Gasteiger charge is 2.19. The van der Waals surface area contributed by atoms with Crippen LogP contribution in [0.5, 0.6) is 0 Å². The monoisotopic (exact) mass is 252 g/mol. The van der Waals surface area contributed by atoms with Gasteiger partial charge in [0.2, 0.25) is 0 Å². The molecule has 0 aromatic heterocycles. The third kappa shape index (κ3) is 3.80. The fourth-order valence-corrected chi connectivity index (χ4v) is 6.20. The largest absolute Gasteiger partial charge is 0.160 e. The molecule has 76 valence electrons. The van der Waals surface area contributed by atoms with E-state index in [1.54, 1.807) is 0 Å². The zero-order valence-electron chi connectivity index (χ0n) is 7.74. The molecule has 0 amide bonds. The molecule has 4 heteroatoms. The molecule has 13 heavy (non-hydrogen) atoms. The summed E-state index contributed by atoms with van der Waals surface area (Å²) >= 11 is 8.60. The zero-order chi connectivity index (χ0) is 8.93. The standard InChI is InChI=1S/C9H16S4/c1(2-12-8-4-10-5-8)3-13-9-6-11-7-9/h8-9H,1-7H2. The highest BCUT2D eigenvalue weighted by Crippen LogP contribution is 2.31. The quantitative estimate of drug-likeness (QED) is 0.666. The maximum Gasteiger partial charge on any atom is 0.0228 e. The van der Waals surface area contributed by atoms with Crippen LogP contribution >= 0.6 is 47.0 Å². The van der Waals surface area contributed by atoms with E-state index in [-0.39, 0.29) is 0 Å². The maximum absolute atomic E-state index is 2.20. The second-order valence-corrected chi connectivity index (χ2v) is 8.38. The van der Waals surface area contributed by atoms with Crippen LogP contribution in [-0.4, -0.2) is 45.0 Å². The highest BCUT2D eigenvalue weighted by molar-refractivity contribution is 8.08. The fraction of sp³-hybridized carbons (Fsp3) is 1.00. The van der Waals surface area contributed by atoms with E-state index in [2.05, 4.69) is 47.0 Å². The van der Waals surface area contributed by atoms with Crippen molar-refractivity contribution < 1.29 is 0 Å². The first-order valence-electron chi connectivity index (χ1n) is 4.84. The molecule has 0 aliphatic carbocycles. The summed E-state index contributed by atoms with van der Waals surface area (Å²) in [5, 5.41) is 2.02. The first-order valence-corrected chi connectivity index (χ1v) is 9.24. The third-order valence-corrected chi connectivity index (χ3v) is 8.27. The minimum absolute atomic E-state index is 1.01. The second-order valence-electron chi connectivity index (χ2n) is 3.41. The van der Waals surface area contributed by atoms with Crippen LogP contribution in [0.2, 0.25) is 0 Å². The van der Waals surface area contributed by atoms with Crippen molar-refractivity contribution in [3.05, 3.63) is 0 Å². The molecule has 2 saturated heterocycles. The van der Waals surface area contributed by atoms with Crippen LogP contribution in [0.1, 0.15) is 6.42 Å². The Hall–Kier alpha value is 1.40. The molecule has 0 spiro atoms. The molecule has 2 aliphatic heterocycles. The predicted molar refractivity (Wildman–Crippen MR) is 71.8 cm³/mol. The molecule has 2 rings (SSSR count). The minimum atomic E-state index is 1.01. The van der Waals surface area contributed by atoms with E-state index in [9.17, 15) is 0 Å². The second kappa shape index (κ2) is 6.09. The Balaban J connectivity index is 1.36. The van der Waals surface area contributed by atoms with Crippen molar-refractivity contribution in [3.63, 3.8) is 0 Å². The molecular weight excluding hydrogens is 236 g/mol. The van der Waals surface area contributed by atoms with Crippen LogP contribution in [-0.2, 0) is 0 Å². The summed E-state index contributed by atoms with van der Waals surface area (Å²) in [7, 11) is 0. The Morgan fingerprint density at radius 3 is 1.62 bits per heavy atom. The van der Waals surface area contributed by atoms with E-state index in [1.807, 2.05) is 0 Å². The van der Waals surface area contributed by atoms with Crippen LogP contribution in [0.25, 0.3) is 0 Å². The lowest BCUT2D eigenvalue weighted by Gasteiger charge is -2.25. The van der Waals surface area contributed by atoms with Crippen LogP contribution in [0.15, 0.2) is 0 Å². The van der Waals surface area contributed by atoms with Crippen LogP contribution < -0.4 is 0 Å². The van der Waals surface area contributed by atoms with Gasteiger partial charge in [0.25, 0.3) is 0 Å². The van der Waals surface area contributed by atoms with Gasteiger partial charge in [0.1, 0.15) is 0 Å². The first-order chi connectivity index (χ1) is 6.45. The van der Waals surface area contributed by atoms with E-state index in [0.29, 0.717) is 0 Å². The maximum atomic E-state index is 2.20. The molecule has 2 heterocycles. The van der Waals surface area contributed by atoms with Gasteiger partial charge in [0.15, 0.2) is 0 Å². The van der Waals surface area contributed by atoms with Crippen LogP contribution in [0.3, 0.4) is 0 Å². The molecule has 0 aromatic carbocycles. The third-order valence-electron chi connectivity index (χ3n) is 2.21. The van der Waals surface area contributed by atoms with Gasteiger partial charge in [-0.3, -0.25) is 0 Å². The molecule has 2 aliphatic rings. The summed E-state index contributed by atoms with van der Waals surface area (Å²) in [6, 6.07) is 0. The first kappa shape index (κ1) is 10.9. The van der Waals surface area contributed by atoms with Crippen molar-refractivity contribution in [2.75, 3.05) is 34.5 Å². The lowest BCUT2D eigenvalue weighted by molar-refractivity contribution is 1.04. The Labute approximate surface area is 98.1 Å². The van der Waals surface area contributed by atoms with Crippen molar-refractivity contribution >= 4 is 47.0 Å². The van der Waals surface area contributed by atoms with Gasteiger partial charge < -0.3 is 0 Å². The van der Waals surface area contributed by atoms with Crippen molar-refractivity contribution in [1.29, 1.82) is 0 Å². The SMILES string of the molecule is C(CSC1CSC1)CSC1CSC1. The molecule has 0 aromatic rings. The van der Waals surface area contributed by atoms with E-state index in [1.165, 1.54) is 40.9 Å². The van der Waals surface area contributed by atoms with Crippen molar-refractivity contribution in [2.45, 2.75) is 16.9 Å². The van der Waals surface area contributed by atoms with E-state index in [0.717, 1.165) is 10.5 Å². The van der Waals surface area contributed by atoms with E-state index in [4.69, 9.17) is 0 Å². The Bertz CT molecular complexity index is 127. The molecule has 0 unspecified atom stereocenters. The number of hydrogen-bond donors (Lipinski definition) is 0. The smallest absolute Gasteiger partial charge is 0.0228 e. The normalized spacial score (nSPS) is 24.0. The Morgan fingerprint density at radius 2 is 1.31 bits per heavy atom. The van der Waals surface area contributed by atoms with Gasteiger partial charge in [-0.2, -0.15) is 47.0 Å². The van der Waals surface area contributed by atoms with Gasteiger partial charge in [-0.15, -0.1) is 0 Å². The average molecular weight is 252 g/mol. The minimum Gasteiger partial charge on any atom is -0.160 e. The Morgan fingerprint density at radius 1 is 0.846 bits per heavy atom. The van der Waals surface area contributed by atoms with Crippen molar-refractivity contribution in [1.82, 2.24) is 0 Å². The molecule has 0 atom stereocenters. The summed E-state index contributed by atoms with van der Waals surface area (Å²) < 4.78 is 0. The van der Waals surface area contributed by atoms with Crippen LogP contribution in [0, 0.1) is 0 Å². The predicted octanol–water partition coefficient (Wildman–Crippen LogP) is 3.07. The van der Waals surface area contributed by atoms with Gasteiger partial charge in [-0.05, 0) is 17.9 Å². The zero-order valence-corrected chi connectivity index (χ0v) is 11.0. The van der Waals surface area contributed by atoms with E-state index >= 15 is 0 Å². The lowest BCUT2D eigenvalue weighted by Crippen LogP contribution is -2.22. The summed E-state index contributed by atoms with van der Waals surface area (Å²) in [4.78, 5) is 0. The van der Waals surface area contributed by atoms with Crippen LogP contribution in [0.4, 0.5) is 0 Å². The Kier molecular flexibility index (Phi) is 5.10. The topological polar surface area (TPSA) is 0 Å². The summed E-state index contributed by atoms with van der Waals surface area (Å²) in [6.45, 7) is 0. The highest BCUT2D eigenvalue weighted by atomic mass is 32.2. The summed E-state index contributed by atoms with van der Waals surface area (Å²) in [5.74, 6) is 8.46. The molecule has 0 saturated carbocycles. The van der Waals surface area contributed by atoms with Gasteiger partial charge in [-0.25, -0.2) is 0 Å². The molecule has 0 bridgehead atoms.